The fourth-order valence-electron chi connectivity index (χ4n) is 18.0. The van der Waals surface area contributed by atoms with Crippen molar-refractivity contribution in [3.8, 4) is 77.3 Å². The zero-order valence-corrected chi connectivity index (χ0v) is 71.8. The summed E-state index contributed by atoms with van der Waals surface area (Å²) in [7, 11) is 0. The summed E-state index contributed by atoms with van der Waals surface area (Å²) in [6.07, 6.45) is -41.0. The molecule has 40 heteroatoms. The molecule has 19 nitrogen and oxygen atoms in total. The second-order valence-corrected chi connectivity index (χ2v) is 31.0. The lowest BCUT2D eigenvalue weighted by Gasteiger charge is -2.19. The number of halogens is 21. The van der Waals surface area contributed by atoms with Crippen LogP contribution in [0.5, 0.6) is 28.7 Å². The van der Waals surface area contributed by atoms with Crippen LogP contribution in [0.2, 0.25) is 0 Å². The van der Waals surface area contributed by atoms with E-state index in [1.54, 1.807) is 38.1 Å². The number of nitrogens with zero attached hydrogens (tertiary/aromatic N) is 14. The number of fused-ring (bicyclic) bond motifs is 6. The van der Waals surface area contributed by atoms with Crippen molar-refractivity contribution in [2.24, 2.45) is 0 Å². The van der Waals surface area contributed by atoms with Crippen LogP contribution in [0, 0.1) is 151 Å². The third kappa shape index (κ3) is 19.6. The summed E-state index contributed by atoms with van der Waals surface area (Å²) in [5.41, 5.74) is -7.75. The fourth-order valence-corrected chi connectivity index (χ4v) is 18.0. The summed E-state index contributed by atoms with van der Waals surface area (Å²) in [5.74, 6) is -6.20. The fraction of sp³-hybridized carbons (Fsp3) is 0.157. The minimum Gasteiger partial charge on any atom is -0.406 e. The van der Waals surface area contributed by atoms with Gasteiger partial charge in [0.15, 0.2) is 0 Å². The van der Waals surface area contributed by atoms with E-state index in [1.807, 2.05) is 31.2 Å². The van der Waals surface area contributed by atoms with E-state index >= 15 is 26.3 Å². The predicted molar refractivity (Wildman–Crippen MR) is 456 cm³/mol. The molecule has 700 valence electrons. The van der Waals surface area contributed by atoms with Crippen LogP contribution < -0.4 is 55.0 Å². The number of ether oxygens (including phenoxy) is 5. The highest BCUT2D eigenvalue weighted by Gasteiger charge is 2.51. The summed E-state index contributed by atoms with van der Waals surface area (Å²) >= 11 is 0. The maximum absolute atomic E-state index is 15.3. The van der Waals surface area contributed by atoms with E-state index in [0.29, 0.717) is 56.3 Å². The highest BCUT2D eigenvalue weighted by atomic mass is 19.4. The van der Waals surface area contributed by atoms with E-state index in [2.05, 4.69) is 64.9 Å². The second kappa shape index (κ2) is 38.3. The van der Waals surface area contributed by atoms with Gasteiger partial charge in [0.1, 0.15) is 133 Å². The lowest BCUT2D eigenvalue weighted by Crippen LogP contribution is -2.36. The highest BCUT2D eigenvalue weighted by Crippen LogP contribution is 2.50. The van der Waals surface area contributed by atoms with Crippen LogP contribution in [-0.2, 0) is 50.9 Å². The van der Waals surface area contributed by atoms with Gasteiger partial charge in [0.2, 0.25) is 0 Å². The van der Waals surface area contributed by atoms with E-state index in [9.17, 15) is 108 Å². The molecule has 9 aromatic carbocycles. The van der Waals surface area contributed by atoms with Gasteiger partial charge in [-0.3, -0.25) is 0 Å². The smallest absolute Gasteiger partial charge is 0.406 e. The number of benzene rings is 9. The number of aryl methyl sites for hydroxylation is 3. The van der Waals surface area contributed by atoms with Gasteiger partial charge < -0.3 is 23.7 Å². The molecule has 6 aliphatic carbocycles. The van der Waals surface area contributed by atoms with Crippen LogP contribution in [0.3, 0.4) is 0 Å². The third-order valence-corrected chi connectivity index (χ3v) is 22.7. The van der Waals surface area contributed by atoms with E-state index < -0.39 is 209 Å². The molecule has 6 aliphatic rings. The molecule has 15 rings (SSSR count). The van der Waals surface area contributed by atoms with Gasteiger partial charge in [0, 0.05) is 57.7 Å². The Morgan fingerprint density at radius 1 is 0.268 bits per heavy atom. The first-order valence-corrected chi connectivity index (χ1v) is 40.2. The lowest BCUT2D eigenvalue weighted by atomic mass is 9.90. The molecular formula is C102H45F21N14O5. The molecule has 0 saturated heterocycles. The molecule has 0 unspecified atom stereocenters. The van der Waals surface area contributed by atoms with Gasteiger partial charge >= 0.3 is 61.6 Å². The van der Waals surface area contributed by atoms with Gasteiger partial charge in [-0.25, -0.2) is 0 Å². The molecule has 0 fully saturated rings. The van der Waals surface area contributed by atoms with Crippen molar-refractivity contribution in [3.63, 3.8) is 0 Å². The van der Waals surface area contributed by atoms with Crippen molar-refractivity contribution >= 4 is 33.4 Å². The first-order valence-electron chi connectivity index (χ1n) is 40.2. The van der Waals surface area contributed by atoms with Crippen molar-refractivity contribution in [3.05, 3.63) is 419 Å². The molecule has 0 radical (unpaired) electrons. The Balaban J connectivity index is 0.000000179. The van der Waals surface area contributed by atoms with Crippen LogP contribution >= 0.6 is 0 Å². The lowest BCUT2D eigenvalue weighted by molar-refractivity contribution is -0.277. The Morgan fingerprint density at radius 2 is 0.486 bits per heavy atom. The number of rotatable bonds is 11. The summed E-state index contributed by atoms with van der Waals surface area (Å²) in [5, 5.41) is 76.9. The van der Waals surface area contributed by atoms with Crippen molar-refractivity contribution in [2.45, 2.75) is 103 Å². The summed E-state index contributed by atoms with van der Waals surface area (Å²) in [6, 6.07) is 45.2. The van der Waals surface area contributed by atoms with Gasteiger partial charge in [0.25, 0.3) is 0 Å². The highest BCUT2D eigenvalue weighted by molar-refractivity contribution is 5.96. The van der Waals surface area contributed by atoms with Gasteiger partial charge in [-0.2, -0.15) is 97.5 Å². The Labute approximate surface area is 787 Å². The molecule has 0 aromatic heterocycles. The van der Waals surface area contributed by atoms with Crippen LogP contribution in [0.25, 0.3) is 62.5 Å². The summed E-state index contributed by atoms with van der Waals surface area (Å²) in [6.45, 7) is 50.4. The number of hydrogen-bond donors (Lipinski definition) is 0. The van der Waals surface area contributed by atoms with Crippen LogP contribution in [0.1, 0.15) is 106 Å². The monoisotopic (exact) mass is 1940 g/mol. The molecule has 0 bridgehead atoms. The van der Waals surface area contributed by atoms with Gasteiger partial charge in [-0.1, -0.05) is 126 Å². The number of alkyl halides is 21. The molecule has 142 heavy (non-hydrogen) atoms. The SMILES string of the molecule is [C-]#[N+]C([N+]#[C-])=C1Cc2c(C#N)c3c(c(C#N)c2=C1c1cccc(C)c1)CC(=C(C#N)C#N)C=3c1cccc(OC(F)(F)F)c1.[C-]#[N+]C([N+]#[C-])=C1Cc2c(C(F)(F)F)c3c(c(C(F)(F)F)c2=C1c1cccc(C)c1)CC(=C(C#N)C#N)C=3c1cccc(OC(F)(F)F)c1.[C-]#[N+]C([N+]#[C-])=C1Cc2c(OC(F)(F)F)c3c(c(OC(F)(F)F)c2=C1c1cccc(C)c1)CC(=C(C#N)C#N)C=3c1cccc(OC(F)(F)F)c1. The quantitative estimate of drug-likeness (QED) is 0.0663. The average Bonchev–Trinajstić information content (AvgIpc) is 1.54. The number of hydrogen-bond acceptors (Lipinski definition) is 13. The van der Waals surface area contributed by atoms with Gasteiger partial charge in [-0.15, -0.1) is 65.9 Å². The summed E-state index contributed by atoms with van der Waals surface area (Å²) in [4.78, 5) is 19.3. The number of allylic oxidation sites excluding steroid dienone is 9. The van der Waals surface area contributed by atoms with Crippen LogP contribution in [0.4, 0.5) is 92.2 Å². The molecule has 0 amide bonds. The van der Waals surface area contributed by atoms with E-state index in [4.69, 9.17) is 39.4 Å². The molecule has 0 spiro atoms. The van der Waals surface area contributed by atoms with Gasteiger partial charge in [-0.05, 0) is 186 Å². The zero-order chi connectivity index (χ0) is 104. The summed E-state index contributed by atoms with van der Waals surface area (Å²) < 4.78 is 316. The van der Waals surface area contributed by atoms with Crippen molar-refractivity contribution in [1.29, 1.82) is 42.1 Å². The Bertz CT molecular complexity index is 8330. The molecule has 9 aromatic rings. The average molecular weight is 1950 g/mol. The Kier molecular flexibility index (Phi) is 27.1. The largest absolute Gasteiger partial charge is 0.573 e. The normalized spacial score (nSPS) is 13.6. The molecule has 0 saturated carbocycles. The zero-order valence-electron chi connectivity index (χ0n) is 71.8. The minimum atomic E-state index is -5.53. The van der Waals surface area contributed by atoms with E-state index in [-0.39, 0.29) is 90.7 Å². The predicted octanol–water partition coefficient (Wildman–Crippen LogP) is 21.0. The molecular weight excluding hydrogens is 1900 g/mol. The van der Waals surface area contributed by atoms with Crippen molar-refractivity contribution < 1.29 is 116 Å². The number of nitriles is 8. The van der Waals surface area contributed by atoms with E-state index in [1.165, 1.54) is 72.8 Å². The molecule has 0 atom stereocenters. The Morgan fingerprint density at radius 3 is 0.746 bits per heavy atom. The molecule has 0 aliphatic heterocycles. The van der Waals surface area contributed by atoms with Gasteiger partial charge in [0.05, 0.1) is 39.0 Å². The molecule has 0 heterocycles. The minimum absolute atomic E-state index is 0.0110. The first kappa shape index (κ1) is 100. The van der Waals surface area contributed by atoms with Crippen LogP contribution in [-0.4, -0.2) is 31.8 Å². The topological polar surface area (TPSA) is 263 Å². The maximum atomic E-state index is 15.3. The van der Waals surface area contributed by atoms with E-state index in [0.717, 1.165) is 54.1 Å². The standard InChI is InChI=1S/C34H15F9N4O3.C34H15F9N4O.C34H15F3N6O/c1-16-6-4-7-17(10-16)26-24(31(46-2)47-3)13-23-28(26)29(49-33(38,39)40)22-12-21(19(14-44)15-45)25(27(22)30(23)50-34(41,42)43)18-8-5-9-20(11-18)48-32(35,36)37;1-16-6-4-7-17(10-16)26-24(31(46-2)47-3)13-23-28(26)29(32(35,36)37)22-12-21(19(14-44)15-45)25(27(22)30(23)33(38,39)40)18-8-5-9-20(11-18)48-34(41,42)43;1-18-6-4-7-19(10-18)30-26(33(42-2)43-3)13-25-28(17-41)31-24(27(16-40)32(25)30)12-23(21(14-38)15-39)29(31)20-8-5-9-22(11-20)44-34(35,36)37/h4-11H,12-13H2,1H3;4-11H,12-13H2,1H3;4-11H,12-13H2,1H3. The van der Waals surface area contributed by atoms with Crippen molar-refractivity contribution in [2.75, 3.05) is 0 Å². The second-order valence-electron chi connectivity index (χ2n) is 31.0. The maximum Gasteiger partial charge on any atom is 0.573 e. The Hall–Kier alpha value is -19.0. The third-order valence-electron chi connectivity index (χ3n) is 22.7. The van der Waals surface area contributed by atoms with Crippen molar-refractivity contribution in [1.82, 2.24) is 0 Å². The molecule has 0 N–H and O–H groups in total. The first-order chi connectivity index (χ1) is 66.9. The van der Waals surface area contributed by atoms with Crippen LogP contribution in [0.15, 0.2) is 213 Å².